The van der Waals surface area contributed by atoms with Gasteiger partial charge in [0, 0.05) is 31.3 Å². The highest BCUT2D eigenvalue weighted by Crippen LogP contribution is 2.30. The molecule has 2 aromatic rings. The summed E-state index contributed by atoms with van der Waals surface area (Å²) in [6.45, 7) is 4.55. The Morgan fingerprint density at radius 1 is 1.58 bits per heavy atom. The first kappa shape index (κ1) is 13.6. The zero-order chi connectivity index (χ0) is 14.0. The van der Waals surface area contributed by atoms with Gasteiger partial charge in [-0.15, -0.1) is 11.3 Å². The SMILES string of the molecule is CCC(=O)c1sc(NCc2cnn(C)c2C)cc1N. The van der Waals surface area contributed by atoms with E-state index in [0.29, 0.717) is 23.5 Å². The van der Waals surface area contributed by atoms with Gasteiger partial charge in [-0.1, -0.05) is 6.92 Å². The van der Waals surface area contributed by atoms with Gasteiger partial charge in [-0.25, -0.2) is 0 Å². The summed E-state index contributed by atoms with van der Waals surface area (Å²) in [7, 11) is 1.92. The molecule has 0 saturated carbocycles. The normalized spacial score (nSPS) is 10.7. The van der Waals surface area contributed by atoms with Crippen molar-refractivity contribution in [3.8, 4) is 0 Å². The number of Topliss-reactive ketones (excluding diaryl/α,β-unsaturated/α-hetero) is 1. The van der Waals surface area contributed by atoms with Crippen molar-refractivity contribution in [1.29, 1.82) is 0 Å². The van der Waals surface area contributed by atoms with E-state index in [9.17, 15) is 4.79 Å². The molecule has 6 heteroatoms. The number of nitrogens with one attached hydrogen (secondary N) is 1. The number of anilines is 2. The minimum atomic E-state index is 0.0908. The molecule has 0 aliphatic rings. The van der Waals surface area contributed by atoms with Crippen molar-refractivity contribution in [2.45, 2.75) is 26.8 Å². The highest BCUT2D eigenvalue weighted by molar-refractivity contribution is 7.18. The first-order valence-corrected chi connectivity index (χ1v) is 6.98. The molecule has 0 atom stereocenters. The van der Waals surface area contributed by atoms with Crippen LogP contribution in [-0.4, -0.2) is 15.6 Å². The van der Waals surface area contributed by atoms with E-state index in [1.807, 2.05) is 37.8 Å². The van der Waals surface area contributed by atoms with Crippen molar-refractivity contribution < 1.29 is 4.79 Å². The van der Waals surface area contributed by atoms with Gasteiger partial charge in [-0.3, -0.25) is 9.48 Å². The molecule has 19 heavy (non-hydrogen) atoms. The minimum Gasteiger partial charge on any atom is -0.397 e. The van der Waals surface area contributed by atoms with E-state index < -0.39 is 0 Å². The number of nitrogens with zero attached hydrogens (tertiary/aromatic N) is 2. The number of carbonyl (C=O) groups excluding carboxylic acids is 1. The number of hydrogen-bond acceptors (Lipinski definition) is 5. The van der Waals surface area contributed by atoms with Crippen LogP contribution in [0.1, 0.15) is 34.3 Å². The summed E-state index contributed by atoms with van der Waals surface area (Å²) in [6.07, 6.45) is 2.32. The van der Waals surface area contributed by atoms with Gasteiger partial charge >= 0.3 is 0 Å². The van der Waals surface area contributed by atoms with E-state index in [1.165, 1.54) is 11.3 Å². The molecule has 2 aromatic heterocycles. The summed E-state index contributed by atoms with van der Waals surface area (Å²) in [5, 5.41) is 8.40. The first-order chi connectivity index (χ1) is 9.02. The Balaban J connectivity index is 2.08. The van der Waals surface area contributed by atoms with Crippen molar-refractivity contribution in [2.75, 3.05) is 11.1 Å². The fourth-order valence-corrected chi connectivity index (χ4v) is 2.76. The van der Waals surface area contributed by atoms with Gasteiger partial charge < -0.3 is 11.1 Å². The molecule has 0 aliphatic carbocycles. The smallest absolute Gasteiger partial charge is 0.174 e. The topological polar surface area (TPSA) is 72.9 Å². The number of hydrogen-bond donors (Lipinski definition) is 2. The molecule has 0 spiro atoms. The van der Waals surface area contributed by atoms with Crippen LogP contribution < -0.4 is 11.1 Å². The second-order valence-electron chi connectivity index (χ2n) is 4.40. The first-order valence-electron chi connectivity index (χ1n) is 6.16. The van der Waals surface area contributed by atoms with Gasteiger partial charge in [0.2, 0.25) is 0 Å². The maximum atomic E-state index is 11.7. The van der Waals surface area contributed by atoms with Crippen LogP contribution in [0.15, 0.2) is 12.3 Å². The van der Waals surface area contributed by atoms with Gasteiger partial charge in [0.1, 0.15) is 0 Å². The van der Waals surface area contributed by atoms with Crippen molar-refractivity contribution >= 4 is 27.8 Å². The molecule has 0 unspecified atom stereocenters. The largest absolute Gasteiger partial charge is 0.397 e. The Morgan fingerprint density at radius 3 is 2.89 bits per heavy atom. The van der Waals surface area contributed by atoms with Crippen LogP contribution >= 0.6 is 11.3 Å². The van der Waals surface area contributed by atoms with Crippen molar-refractivity contribution in [1.82, 2.24) is 9.78 Å². The van der Waals surface area contributed by atoms with Crippen LogP contribution in [0.2, 0.25) is 0 Å². The third-order valence-corrected chi connectivity index (χ3v) is 4.27. The monoisotopic (exact) mass is 278 g/mol. The van der Waals surface area contributed by atoms with E-state index >= 15 is 0 Å². The van der Waals surface area contributed by atoms with E-state index in [1.54, 1.807) is 0 Å². The molecule has 5 nitrogen and oxygen atoms in total. The van der Waals surface area contributed by atoms with Crippen molar-refractivity contribution in [3.05, 3.63) is 28.4 Å². The Morgan fingerprint density at radius 2 is 2.32 bits per heavy atom. The second-order valence-corrected chi connectivity index (χ2v) is 5.46. The molecule has 0 radical (unpaired) electrons. The highest BCUT2D eigenvalue weighted by atomic mass is 32.1. The van der Waals surface area contributed by atoms with Crippen LogP contribution in [0.5, 0.6) is 0 Å². The molecule has 2 rings (SSSR count). The number of nitrogens with two attached hydrogens (primary N) is 1. The average molecular weight is 278 g/mol. The fourth-order valence-electron chi connectivity index (χ4n) is 1.77. The van der Waals surface area contributed by atoms with Gasteiger partial charge in [0.25, 0.3) is 0 Å². The molecular formula is C13H18N4OS. The summed E-state index contributed by atoms with van der Waals surface area (Å²) >= 11 is 1.41. The quantitative estimate of drug-likeness (QED) is 0.824. The number of thiophene rings is 1. The molecule has 2 heterocycles. The Bertz CT molecular complexity index is 600. The number of aromatic nitrogens is 2. The fraction of sp³-hybridized carbons (Fsp3) is 0.385. The molecule has 0 amide bonds. The van der Waals surface area contributed by atoms with Crippen LogP contribution in [0.25, 0.3) is 0 Å². The van der Waals surface area contributed by atoms with Crippen LogP contribution in [-0.2, 0) is 13.6 Å². The number of ketones is 1. The zero-order valence-electron chi connectivity index (χ0n) is 11.4. The molecule has 0 fully saturated rings. The number of rotatable bonds is 5. The molecule has 3 N–H and O–H groups in total. The predicted octanol–water partition coefficient (Wildman–Crippen LogP) is 2.58. The third-order valence-electron chi connectivity index (χ3n) is 3.13. The lowest BCUT2D eigenvalue weighted by molar-refractivity contribution is 0.0993. The Hall–Kier alpha value is -1.82. The zero-order valence-corrected chi connectivity index (χ0v) is 12.2. The van der Waals surface area contributed by atoms with Gasteiger partial charge in [-0.05, 0) is 13.0 Å². The summed E-state index contributed by atoms with van der Waals surface area (Å²) in [5.74, 6) is 0.0908. The maximum absolute atomic E-state index is 11.7. The van der Waals surface area contributed by atoms with Crippen molar-refractivity contribution in [3.63, 3.8) is 0 Å². The molecular weight excluding hydrogens is 260 g/mol. The lowest BCUT2D eigenvalue weighted by Crippen LogP contribution is -2.00. The molecule has 0 aliphatic heterocycles. The summed E-state index contributed by atoms with van der Waals surface area (Å²) in [5.41, 5.74) is 8.68. The van der Waals surface area contributed by atoms with E-state index in [2.05, 4.69) is 10.4 Å². The average Bonchev–Trinajstić information content (AvgIpc) is 2.91. The maximum Gasteiger partial charge on any atom is 0.174 e. The predicted molar refractivity (Wildman–Crippen MR) is 78.6 cm³/mol. The van der Waals surface area contributed by atoms with E-state index in [-0.39, 0.29) is 5.78 Å². The Labute approximate surface area is 116 Å². The Kier molecular flexibility index (Phi) is 3.90. The lowest BCUT2D eigenvalue weighted by atomic mass is 10.2. The molecule has 0 saturated heterocycles. The highest BCUT2D eigenvalue weighted by Gasteiger charge is 2.13. The number of carbonyl (C=O) groups is 1. The summed E-state index contributed by atoms with van der Waals surface area (Å²) in [4.78, 5) is 12.3. The van der Waals surface area contributed by atoms with Gasteiger partial charge in [0.05, 0.1) is 21.8 Å². The minimum absolute atomic E-state index is 0.0908. The van der Waals surface area contributed by atoms with Gasteiger partial charge in [-0.2, -0.15) is 5.10 Å². The summed E-state index contributed by atoms with van der Waals surface area (Å²) < 4.78 is 1.84. The van der Waals surface area contributed by atoms with Crippen LogP contribution in [0.4, 0.5) is 10.7 Å². The van der Waals surface area contributed by atoms with Crippen molar-refractivity contribution in [2.24, 2.45) is 7.05 Å². The van der Waals surface area contributed by atoms with E-state index in [4.69, 9.17) is 5.73 Å². The molecule has 0 bridgehead atoms. The number of nitrogen functional groups attached to an aromatic ring is 1. The summed E-state index contributed by atoms with van der Waals surface area (Å²) in [6, 6.07) is 1.82. The van der Waals surface area contributed by atoms with Crippen LogP contribution in [0.3, 0.4) is 0 Å². The van der Waals surface area contributed by atoms with Gasteiger partial charge in [0.15, 0.2) is 5.78 Å². The third kappa shape index (κ3) is 2.78. The molecule has 0 aromatic carbocycles. The lowest BCUT2D eigenvalue weighted by Gasteiger charge is -2.02. The van der Waals surface area contributed by atoms with Crippen LogP contribution in [0, 0.1) is 6.92 Å². The standard InChI is InChI=1S/C13H18N4OS/c1-4-11(18)13-10(14)5-12(19-13)15-6-9-7-16-17(3)8(9)2/h5,7,15H,4,6,14H2,1-3H3. The van der Waals surface area contributed by atoms with E-state index in [0.717, 1.165) is 16.3 Å². The molecule has 102 valence electrons. The number of aryl methyl sites for hydroxylation is 1. The second kappa shape index (κ2) is 5.44.